The van der Waals surface area contributed by atoms with E-state index in [0.29, 0.717) is 0 Å². The fourth-order valence-corrected chi connectivity index (χ4v) is 1.94. The third kappa shape index (κ3) is 3.75. The third-order valence-electron chi connectivity index (χ3n) is 2.79. The van der Waals surface area contributed by atoms with E-state index in [4.69, 9.17) is 4.74 Å². The van der Waals surface area contributed by atoms with Crippen LogP contribution in [0, 0.1) is 6.92 Å². The summed E-state index contributed by atoms with van der Waals surface area (Å²) in [6, 6.07) is 7.67. The van der Waals surface area contributed by atoms with Crippen LogP contribution in [0.5, 0.6) is 0 Å². The van der Waals surface area contributed by atoms with Gasteiger partial charge in [-0.15, -0.1) is 0 Å². The standard InChI is InChI=1S/C13H18N2O2/c1-10-4-2-5-11(8-10)15-13(16)17-12-6-3-7-14-9-12/h2,4-5,8,12,14H,3,6-7,9H2,1H3,(H,15,16). The summed E-state index contributed by atoms with van der Waals surface area (Å²) in [5.74, 6) is 0. The van der Waals surface area contributed by atoms with Gasteiger partial charge in [0.2, 0.25) is 0 Å². The summed E-state index contributed by atoms with van der Waals surface area (Å²) in [4.78, 5) is 11.6. The number of rotatable bonds is 2. The van der Waals surface area contributed by atoms with Gasteiger partial charge in [-0.25, -0.2) is 4.79 Å². The normalized spacial score (nSPS) is 19.7. The molecule has 1 unspecified atom stereocenters. The summed E-state index contributed by atoms with van der Waals surface area (Å²) in [5, 5.41) is 5.95. The van der Waals surface area contributed by atoms with E-state index in [-0.39, 0.29) is 12.2 Å². The summed E-state index contributed by atoms with van der Waals surface area (Å²) in [6.07, 6.45) is 1.62. The molecule has 17 heavy (non-hydrogen) atoms. The van der Waals surface area contributed by atoms with Crippen molar-refractivity contribution in [2.24, 2.45) is 0 Å². The van der Waals surface area contributed by atoms with Crippen molar-refractivity contribution in [3.63, 3.8) is 0 Å². The van der Waals surface area contributed by atoms with E-state index in [9.17, 15) is 4.79 Å². The molecule has 92 valence electrons. The first-order chi connectivity index (χ1) is 8.24. The van der Waals surface area contributed by atoms with Crippen LogP contribution in [0.1, 0.15) is 18.4 Å². The van der Waals surface area contributed by atoms with Crippen molar-refractivity contribution in [3.8, 4) is 0 Å². The van der Waals surface area contributed by atoms with Crippen molar-refractivity contribution in [2.45, 2.75) is 25.9 Å². The number of nitrogens with one attached hydrogen (secondary N) is 2. The number of hydrogen-bond acceptors (Lipinski definition) is 3. The second-order valence-corrected chi connectivity index (χ2v) is 4.37. The van der Waals surface area contributed by atoms with Gasteiger partial charge in [0, 0.05) is 12.2 Å². The number of ether oxygens (including phenoxy) is 1. The lowest BCUT2D eigenvalue weighted by Gasteiger charge is -2.22. The minimum atomic E-state index is -0.371. The van der Waals surface area contributed by atoms with Gasteiger partial charge >= 0.3 is 6.09 Å². The molecular weight excluding hydrogens is 216 g/mol. The van der Waals surface area contributed by atoms with Crippen molar-refractivity contribution < 1.29 is 9.53 Å². The van der Waals surface area contributed by atoms with Crippen LogP contribution >= 0.6 is 0 Å². The molecule has 0 aromatic heterocycles. The molecular formula is C13H18N2O2. The molecule has 0 saturated carbocycles. The van der Waals surface area contributed by atoms with E-state index < -0.39 is 0 Å². The minimum Gasteiger partial charge on any atom is -0.445 e. The van der Waals surface area contributed by atoms with Crippen molar-refractivity contribution in [1.82, 2.24) is 5.32 Å². The number of hydrogen-bond donors (Lipinski definition) is 2. The fraction of sp³-hybridized carbons (Fsp3) is 0.462. The summed E-state index contributed by atoms with van der Waals surface area (Å²) < 4.78 is 5.32. The fourth-order valence-electron chi connectivity index (χ4n) is 1.94. The smallest absolute Gasteiger partial charge is 0.411 e. The van der Waals surface area contributed by atoms with Gasteiger partial charge in [0.15, 0.2) is 0 Å². The lowest BCUT2D eigenvalue weighted by molar-refractivity contribution is 0.0941. The predicted octanol–water partition coefficient (Wildman–Crippen LogP) is 2.30. The second kappa shape index (κ2) is 5.68. The van der Waals surface area contributed by atoms with Gasteiger partial charge < -0.3 is 10.1 Å². The Morgan fingerprint density at radius 3 is 3.12 bits per heavy atom. The zero-order valence-corrected chi connectivity index (χ0v) is 10.0. The number of anilines is 1. The van der Waals surface area contributed by atoms with E-state index in [1.165, 1.54) is 0 Å². The number of benzene rings is 1. The highest BCUT2D eigenvalue weighted by Crippen LogP contribution is 2.11. The van der Waals surface area contributed by atoms with Crippen molar-refractivity contribution in [3.05, 3.63) is 29.8 Å². The Bertz CT molecular complexity index is 387. The van der Waals surface area contributed by atoms with Crippen LogP contribution in [0.25, 0.3) is 0 Å². The molecule has 1 heterocycles. The highest BCUT2D eigenvalue weighted by atomic mass is 16.6. The Balaban J connectivity index is 1.84. The summed E-state index contributed by atoms with van der Waals surface area (Å²) in [6.45, 7) is 3.75. The van der Waals surface area contributed by atoms with Crippen molar-refractivity contribution >= 4 is 11.8 Å². The first-order valence-corrected chi connectivity index (χ1v) is 5.99. The van der Waals surface area contributed by atoms with Crippen molar-refractivity contribution in [2.75, 3.05) is 18.4 Å². The van der Waals surface area contributed by atoms with E-state index in [1.807, 2.05) is 31.2 Å². The lowest BCUT2D eigenvalue weighted by atomic mass is 10.1. The number of piperidine rings is 1. The maximum atomic E-state index is 11.6. The largest absolute Gasteiger partial charge is 0.445 e. The highest BCUT2D eigenvalue weighted by molar-refractivity contribution is 5.84. The Kier molecular flexibility index (Phi) is 3.98. The Morgan fingerprint density at radius 2 is 2.41 bits per heavy atom. The van der Waals surface area contributed by atoms with Gasteiger partial charge in [-0.1, -0.05) is 12.1 Å². The maximum Gasteiger partial charge on any atom is 0.411 e. The topological polar surface area (TPSA) is 50.4 Å². The van der Waals surface area contributed by atoms with Crippen LogP contribution in [0.4, 0.5) is 10.5 Å². The number of carbonyl (C=O) groups is 1. The van der Waals surface area contributed by atoms with E-state index >= 15 is 0 Å². The van der Waals surface area contributed by atoms with Crippen molar-refractivity contribution in [1.29, 1.82) is 0 Å². The monoisotopic (exact) mass is 234 g/mol. The van der Waals surface area contributed by atoms with Crippen LogP contribution in [-0.4, -0.2) is 25.3 Å². The number of carbonyl (C=O) groups excluding carboxylic acids is 1. The van der Waals surface area contributed by atoms with Gasteiger partial charge in [-0.2, -0.15) is 0 Å². The quantitative estimate of drug-likeness (QED) is 0.825. The van der Waals surface area contributed by atoms with Crippen LogP contribution in [0.15, 0.2) is 24.3 Å². The molecule has 1 aliphatic heterocycles. The zero-order chi connectivity index (χ0) is 12.1. The molecule has 1 amide bonds. The van der Waals surface area contributed by atoms with Crippen LogP contribution < -0.4 is 10.6 Å². The Hall–Kier alpha value is -1.55. The molecule has 1 saturated heterocycles. The van der Waals surface area contributed by atoms with Gasteiger partial charge in [0.1, 0.15) is 6.10 Å². The molecule has 1 fully saturated rings. The molecule has 4 nitrogen and oxygen atoms in total. The van der Waals surface area contributed by atoms with E-state index in [1.54, 1.807) is 0 Å². The molecule has 0 spiro atoms. The second-order valence-electron chi connectivity index (χ2n) is 4.37. The summed E-state index contributed by atoms with van der Waals surface area (Å²) >= 11 is 0. The van der Waals surface area contributed by atoms with Gasteiger partial charge in [0.05, 0.1) is 0 Å². The zero-order valence-electron chi connectivity index (χ0n) is 10.0. The van der Waals surface area contributed by atoms with Gasteiger partial charge in [-0.05, 0) is 44.0 Å². The van der Waals surface area contributed by atoms with Crippen LogP contribution in [-0.2, 0) is 4.74 Å². The molecule has 0 radical (unpaired) electrons. The lowest BCUT2D eigenvalue weighted by Crippen LogP contribution is -2.37. The number of aryl methyl sites for hydroxylation is 1. The molecule has 0 aliphatic carbocycles. The SMILES string of the molecule is Cc1cccc(NC(=O)OC2CCCNC2)c1. The molecule has 0 bridgehead atoms. The summed E-state index contributed by atoms with van der Waals surface area (Å²) in [7, 11) is 0. The molecule has 4 heteroatoms. The van der Waals surface area contributed by atoms with Crippen LogP contribution in [0.2, 0.25) is 0 Å². The van der Waals surface area contributed by atoms with E-state index in [2.05, 4.69) is 10.6 Å². The average Bonchev–Trinajstić information content (AvgIpc) is 2.30. The molecule has 2 N–H and O–H groups in total. The first kappa shape index (κ1) is 11.9. The van der Waals surface area contributed by atoms with Gasteiger partial charge in [-0.3, -0.25) is 5.32 Å². The predicted molar refractivity (Wildman–Crippen MR) is 67.2 cm³/mol. The minimum absolute atomic E-state index is 0.00596. The van der Waals surface area contributed by atoms with E-state index in [0.717, 1.165) is 37.2 Å². The first-order valence-electron chi connectivity index (χ1n) is 5.99. The Morgan fingerprint density at radius 1 is 1.53 bits per heavy atom. The van der Waals surface area contributed by atoms with Crippen LogP contribution in [0.3, 0.4) is 0 Å². The molecule has 1 aromatic carbocycles. The Labute approximate surface area is 101 Å². The number of amides is 1. The molecule has 1 atom stereocenters. The average molecular weight is 234 g/mol. The van der Waals surface area contributed by atoms with Gasteiger partial charge in [0.25, 0.3) is 0 Å². The molecule has 1 aliphatic rings. The third-order valence-corrected chi connectivity index (χ3v) is 2.79. The summed E-state index contributed by atoms with van der Waals surface area (Å²) in [5.41, 5.74) is 1.89. The maximum absolute atomic E-state index is 11.6. The highest BCUT2D eigenvalue weighted by Gasteiger charge is 2.17. The molecule has 2 rings (SSSR count). The molecule has 1 aromatic rings.